The molecular weight excluding hydrogens is 232 g/mol. The van der Waals surface area contributed by atoms with E-state index >= 15 is 0 Å². The molecule has 3 nitrogen and oxygen atoms in total. The Bertz CT molecular complexity index is 391. The molecule has 0 bridgehead atoms. The molecule has 2 rings (SSSR count). The first kappa shape index (κ1) is 15.8. The van der Waals surface area contributed by atoms with Gasteiger partial charge in [-0.2, -0.15) is 5.26 Å². The van der Waals surface area contributed by atoms with Crippen LogP contribution in [0.3, 0.4) is 0 Å². The van der Waals surface area contributed by atoms with Crippen LogP contribution in [0.15, 0.2) is 11.1 Å². The third-order valence-corrected chi connectivity index (χ3v) is 2.69. The second-order valence-electron chi connectivity index (χ2n) is 3.00. The van der Waals surface area contributed by atoms with E-state index in [0.29, 0.717) is 6.42 Å². The van der Waals surface area contributed by atoms with Crippen LogP contribution in [0.4, 0.5) is 0 Å². The van der Waals surface area contributed by atoms with E-state index in [0.717, 1.165) is 40.9 Å². The molecule has 1 aliphatic carbocycles. The van der Waals surface area contributed by atoms with Gasteiger partial charge in [-0.1, -0.05) is 27.7 Å². The maximum absolute atomic E-state index is 11.4. The van der Waals surface area contributed by atoms with Crippen molar-refractivity contribution in [1.82, 2.24) is 4.98 Å². The Morgan fingerprint density at radius 2 is 1.94 bits per heavy atom. The Morgan fingerprint density at radius 1 is 1.29 bits per heavy atom. The summed E-state index contributed by atoms with van der Waals surface area (Å²) in [5.41, 5.74) is 1.78. The van der Waals surface area contributed by atoms with E-state index < -0.39 is 0 Å². The number of aryl methyl sites for hydroxylation is 1. The molecule has 1 aliphatic rings. The number of fused-ring (bicyclic) bond motifs is 1. The van der Waals surface area contributed by atoms with Crippen LogP contribution in [0.25, 0.3) is 0 Å². The molecule has 1 aromatic heterocycles. The average molecular weight is 252 g/mol. The number of nitrogens with one attached hydrogen (secondary N) is 1. The molecule has 0 fully saturated rings. The summed E-state index contributed by atoms with van der Waals surface area (Å²) in [4.78, 5) is 14.5. The van der Waals surface area contributed by atoms with Crippen LogP contribution in [-0.2, 0) is 6.42 Å². The second kappa shape index (κ2) is 8.89. The number of thioether (sulfide) groups is 1. The first-order valence-electron chi connectivity index (χ1n) is 6.12. The summed E-state index contributed by atoms with van der Waals surface area (Å²) in [6.07, 6.45) is 2.48. The molecule has 0 spiro atoms. The minimum atomic E-state index is 0.197. The van der Waals surface area contributed by atoms with Crippen LogP contribution in [0.2, 0.25) is 0 Å². The molecule has 0 amide bonds. The number of thiocyanates is 1. The van der Waals surface area contributed by atoms with Crippen molar-refractivity contribution in [2.24, 2.45) is 0 Å². The topological polar surface area (TPSA) is 56.6 Å². The average Bonchev–Trinajstić information content (AvgIpc) is 2.79. The second-order valence-corrected chi connectivity index (χ2v) is 3.82. The summed E-state index contributed by atoms with van der Waals surface area (Å²) in [6.45, 7) is 8.00. The van der Waals surface area contributed by atoms with Gasteiger partial charge in [0.25, 0.3) is 0 Å². The number of rotatable bonds is 1. The van der Waals surface area contributed by atoms with E-state index in [1.807, 2.05) is 33.1 Å². The molecule has 0 radical (unpaired) electrons. The monoisotopic (exact) mass is 252 g/mol. The molecule has 0 unspecified atom stereocenters. The summed E-state index contributed by atoms with van der Waals surface area (Å²) in [5, 5.41) is 11.2. The Balaban J connectivity index is 0.000000581. The maximum atomic E-state index is 11.4. The summed E-state index contributed by atoms with van der Waals surface area (Å²) in [6, 6.07) is 1.78. The summed E-state index contributed by atoms with van der Waals surface area (Å²) >= 11 is 1.07. The lowest BCUT2D eigenvalue weighted by Gasteiger charge is -2.08. The van der Waals surface area contributed by atoms with E-state index in [1.165, 1.54) is 0 Å². The molecule has 1 heterocycles. The summed E-state index contributed by atoms with van der Waals surface area (Å²) in [7, 11) is 0. The highest BCUT2D eigenvalue weighted by atomic mass is 32.2. The lowest BCUT2D eigenvalue weighted by Crippen LogP contribution is -2.08. The standard InChI is InChI=1S/C9H8N2OS.2C2H6/c10-5-13-9-4-6-7(11-9)2-1-3-8(6)12;2*1-2/h4,11H,1-3H2;2*1-2H3. The zero-order chi connectivity index (χ0) is 13.3. The van der Waals surface area contributed by atoms with Gasteiger partial charge in [0.2, 0.25) is 0 Å². The fraction of sp³-hybridized carbons (Fsp3) is 0.538. The van der Waals surface area contributed by atoms with Gasteiger partial charge in [0.15, 0.2) is 5.78 Å². The van der Waals surface area contributed by atoms with E-state index in [-0.39, 0.29) is 5.78 Å². The minimum absolute atomic E-state index is 0.197. The molecule has 0 aromatic carbocycles. The number of carbonyl (C=O) groups excluding carboxylic acids is 1. The van der Waals surface area contributed by atoms with Crippen molar-refractivity contribution in [2.75, 3.05) is 0 Å². The van der Waals surface area contributed by atoms with Crippen LogP contribution in [0.1, 0.15) is 56.6 Å². The minimum Gasteiger partial charge on any atom is -0.352 e. The van der Waals surface area contributed by atoms with Crippen molar-refractivity contribution in [1.29, 1.82) is 5.26 Å². The van der Waals surface area contributed by atoms with E-state index in [2.05, 4.69) is 4.98 Å². The van der Waals surface area contributed by atoms with Gasteiger partial charge in [-0.3, -0.25) is 4.79 Å². The molecule has 1 aromatic rings. The van der Waals surface area contributed by atoms with Crippen molar-refractivity contribution in [3.63, 3.8) is 0 Å². The highest BCUT2D eigenvalue weighted by molar-refractivity contribution is 8.03. The first-order valence-corrected chi connectivity index (χ1v) is 6.94. The number of H-pyrrole nitrogens is 1. The van der Waals surface area contributed by atoms with Crippen LogP contribution >= 0.6 is 11.8 Å². The highest BCUT2D eigenvalue weighted by Gasteiger charge is 2.19. The largest absolute Gasteiger partial charge is 0.352 e. The van der Waals surface area contributed by atoms with Crippen LogP contribution in [-0.4, -0.2) is 10.8 Å². The number of hydrogen-bond acceptors (Lipinski definition) is 3. The molecule has 0 atom stereocenters. The predicted octanol–water partition coefficient (Wildman–Crippen LogP) is 4.16. The van der Waals surface area contributed by atoms with Crippen LogP contribution in [0, 0.1) is 10.7 Å². The number of aromatic nitrogens is 1. The Kier molecular flexibility index (Phi) is 8.25. The van der Waals surface area contributed by atoms with E-state index in [1.54, 1.807) is 6.07 Å². The normalized spacial score (nSPS) is 12.3. The van der Waals surface area contributed by atoms with Crippen molar-refractivity contribution in [3.05, 3.63) is 17.3 Å². The van der Waals surface area contributed by atoms with Crippen molar-refractivity contribution < 1.29 is 4.79 Å². The van der Waals surface area contributed by atoms with Crippen LogP contribution < -0.4 is 0 Å². The lowest BCUT2D eigenvalue weighted by molar-refractivity contribution is 0.0972. The third-order valence-electron chi connectivity index (χ3n) is 2.16. The first-order chi connectivity index (χ1) is 8.31. The van der Waals surface area contributed by atoms with Gasteiger partial charge in [0.1, 0.15) is 5.40 Å². The van der Waals surface area contributed by atoms with Crippen molar-refractivity contribution >= 4 is 17.5 Å². The van der Waals surface area contributed by atoms with Gasteiger partial charge in [-0.05, 0) is 18.9 Å². The van der Waals surface area contributed by atoms with Crippen molar-refractivity contribution in [2.45, 2.75) is 52.0 Å². The fourth-order valence-electron chi connectivity index (χ4n) is 1.58. The number of nitriles is 1. The molecule has 0 saturated heterocycles. The Labute approximate surface area is 108 Å². The number of carbonyl (C=O) groups is 1. The Morgan fingerprint density at radius 3 is 2.47 bits per heavy atom. The van der Waals surface area contributed by atoms with Gasteiger partial charge >= 0.3 is 0 Å². The third kappa shape index (κ3) is 4.27. The summed E-state index contributed by atoms with van der Waals surface area (Å²) < 4.78 is 0. The quantitative estimate of drug-likeness (QED) is 0.603. The smallest absolute Gasteiger partial charge is 0.164 e. The van der Waals surface area contributed by atoms with Gasteiger partial charge in [-0.25, -0.2) is 0 Å². The van der Waals surface area contributed by atoms with Gasteiger partial charge in [-0.15, -0.1) is 0 Å². The zero-order valence-electron chi connectivity index (χ0n) is 11.0. The van der Waals surface area contributed by atoms with Gasteiger partial charge in [0.05, 0.1) is 5.03 Å². The molecular formula is C13H20N2OS. The molecule has 17 heavy (non-hydrogen) atoms. The number of ketones is 1. The SMILES string of the molecule is CC.CC.N#CSc1cc2c([nH]1)CCCC2=O. The molecule has 1 N–H and O–H groups in total. The molecule has 0 saturated carbocycles. The number of Topliss-reactive ketones (excluding diaryl/α,β-unsaturated/α-hetero) is 1. The molecule has 0 aliphatic heterocycles. The van der Waals surface area contributed by atoms with Crippen LogP contribution in [0.5, 0.6) is 0 Å². The fourth-order valence-corrected chi connectivity index (χ4v) is 2.03. The Hall–Kier alpha value is -1.21. The maximum Gasteiger partial charge on any atom is 0.164 e. The zero-order valence-corrected chi connectivity index (χ0v) is 11.8. The van der Waals surface area contributed by atoms with E-state index in [9.17, 15) is 4.79 Å². The van der Waals surface area contributed by atoms with Gasteiger partial charge in [0, 0.05) is 29.4 Å². The van der Waals surface area contributed by atoms with Crippen molar-refractivity contribution in [3.8, 4) is 5.40 Å². The summed E-state index contributed by atoms with van der Waals surface area (Å²) in [5.74, 6) is 0.197. The highest BCUT2D eigenvalue weighted by Crippen LogP contribution is 2.26. The van der Waals surface area contributed by atoms with Gasteiger partial charge < -0.3 is 4.98 Å². The lowest BCUT2D eigenvalue weighted by atomic mass is 9.97. The molecule has 4 heteroatoms. The number of aromatic amines is 1. The predicted molar refractivity (Wildman–Crippen MR) is 72.2 cm³/mol. The molecule has 94 valence electrons. The number of hydrogen-bond donors (Lipinski definition) is 1. The number of nitrogens with zero attached hydrogens (tertiary/aromatic N) is 1. The van der Waals surface area contributed by atoms with E-state index in [4.69, 9.17) is 5.26 Å².